The lowest BCUT2D eigenvalue weighted by Crippen LogP contribution is -2.35. The summed E-state index contributed by atoms with van der Waals surface area (Å²) in [6.07, 6.45) is 1.77. The minimum Gasteiger partial charge on any atom is -0.354 e. The highest BCUT2D eigenvalue weighted by atomic mass is 16.5. The summed E-state index contributed by atoms with van der Waals surface area (Å²) in [6, 6.07) is 8.57. The van der Waals surface area contributed by atoms with Crippen LogP contribution in [0.2, 0.25) is 0 Å². The van der Waals surface area contributed by atoms with Crippen LogP contribution >= 0.6 is 0 Å². The van der Waals surface area contributed by atoms with Gasteiger partial charge in [0.05, 0.1) is 0 Å². The Kier molecular flexibility index (Phi) is 4.03. The number of benzene rings is 1. The first-order valence-corrected chi connectivity index (χ1v) is 5.61. The van der Waals surface area contributed by atoms with Crippen molar-refractivity contribution in [3.63, 3.8) is 0 Å². The second-order valence-electron chi connectivity index (χ2n) is 3.78. The summed E-state index contributed by atoms with van der Waals surface area (Å²) in [6.45, 7) is 0.429. The number of carbonyl (C=O) groups excluding carboxylic acids is 1. The van der Waals surface area contributed by atoms with Gasteiger partial charge >= 0.3 is 0 Å². The van der Waals surface area contributed by atoms with Gasteiger partial charge in [-0.3, -0.25) is 4.79 Å². The SMILES string of the molecule is N[C@H](C(=O)NCCc1ncon1)c1ccccc1. The number of rotatable bonds is 5. The molecule has 1 heterocycles. The van der Waals surface area contributed by atoms with Crippen molar-refractivity contribution >= 4 is 5.91 Å². The highest BCUT2D eigenvalue weighted by molar-refractivity contribution is 5.82. The number of hydrogen-bond acceptors (Lipinski definition) is 5. The van der Waals surface area contributed by atoms with E-state index in [4.69, 9.17) is 5.73 Å². The van der Waals surface area contributed by atoms with Crippen molar-refractivity contribution in [2.75, 3.05) is 6.54 Å². The predicted octanol–water partition coefficient (Wildman–Crippen LogP) is 0.428. The third-order valence-corrected chi connectivity index (χ3v) is 2.50. The molecule has 0 aliphatic heterocycles. The fraction of sp³-hybridized carbons (Fsp3) is 0.250. The lowest BCUT2D eigenvalue weighted by Gasteiger charge is -2.11. The Morgan fingerprint density at radius 2 is 2.17 bits per heavy atom. The largest absolute Gasteiger partial charge is 0.354 e. The second kappa shape index (κ2) is 5.92. The van der Waals surface area contributed by atoms with E-state index in [0.29, 0.717) is 18.8 Å². The van der Waals surface area contributed by atoms with E-state index in [0.717, 1.165) is 5.56 Å². The number of carbonyl (C=O) groups is 1. The second-order valence-corrected chi connectivity index (χ2v) is 3.78. The van der Waals surface area contributed by atoms with Gasteiger partial charge in [-0.1, -0.05) is 35.5 Å². The summed E-state index contributed by atoms with van der Waals surface area (Å²) in [4.78, 5) is 15.6. The normalized spacial score (nSPS) is 12.1. The summed E-state index contributed by atoms with van der Waals surface area (Å²) in [7, 11) is 0. The molecule has 0 aliphatic carbocycles. The summed E-state index contributed by atoms with van der Waals surface area (Å²) in [5.41, 5.74) is 6.62. The first kappa shape index (κ1) is 12.3. The zero-order chi connectivity index (χ0) is 12.8. The van der Waals surface area contributed by atoms with Crippen LogP contribution < -0.4 is 11.1 Å². The smallest absolute Gasteiger partial charge is 0.241 e. The first-order chi connectivity index (χ1) is 8.77. The van der Waals surface area contributed by atoms with Gasteiger partial charge in [0.1, 0.15) is 6.04 Å². The van der Waals surface area contributed by atoms with Gasteiger partial charge in [0, 0.05) is 13.0 Å². The van der Waals surface area contributed by atoms with Crippen molar-refractivity contribution < 1.29 is 9.32 Å². The molecule has 0 saturated carbocycles. The number of nitrogens with one attached hydrogen (secondary N) is 1. The molecule has 94 valence electrons. The van der Waals surface area contributed by atoms with Crippen LogP contribution in [-0.2, 0) is 11.2 Å². The van der Waals surface area contributed by atoms with E-state index in [1.54, 1.807) is 0 Å². The fourth-order valence-electron chi connectivity index (χ4n) is 1.52. The number of amides is 1. The highest BCUT2D eigenvalue weighted by Crippen LogP contribution is 2.08. The predicted molar refractivity (Wildman–Crippen MR) is 64.4 cm³/mol. The summed E-state index contributed by atoms with van der Waals surface area (Å²) < 4.78 is 4.59. The molecule has 6 nitrogen and oxygen atoms in total. The van der Waals surface area contributed by atoms with Gasteiger partial charge < -0.3 is 15.6 Å². The maximum absolute atomic E-state index is 11.8. The molecule has 0 fully saturated rings. The molecular formula is C12H14N4O2. The molecule has 1 aromatic carbocycles. The molecule has 1 amide bonds. The van der Waals surface area contributed by atoms with Gasteiger partial charge in [0.2, 0.25) is 12.3 Å². The van der Waals surface area contributed by atoms with Crippen LogP contribution in [0.4, 0.5) is 0 Å². The van der Waals surface area contributed by atoms with Crippen LogP contribution in [0.25, 0.3) is 0 Å². The molecule has 0 aliphatic rings. The number of nitrogens with zero attached hydrogens (tertiary/aromatic N) is 2. The van der Waals surface area contributed by atoms with E-state index in [9.17, 15) is 4.79 Å². The van der Waals surface area contributed by atoms with Crippen LogP contribution in [0, 0.1) is 0 Å². The Bertz CT molecular complexity index is 484. The van der Waals surface area contributed by atoms with Crippen LogP contribution in [-0.4, -0.2) is 22.6 Å². The number of aromatic nitrogens is 2. The highest BCUT2D eigenvalue weighted by Gasteiger charge is 2.14. The third kappa shape index (κ3) is 3.14. The van der Waals surface area contributed by atoms with Gasteiger partial charge in [-0.15, -0.1) is 0 Å². The average Bonchev–Trinajstić information content (AvgIpc) is 2.92. The van der Waals surface area contributed by atoms with Crippen molar-refractivity contribution in [2.24, 2.45) is 5.73 Å². The summed E-state index contributed by atoms with van der Waals surface area (Å²) in [5.74, 6) is 0.341. The minimum atomic E-state index is -0.656. The summed E-state index contributed by atoms with van der Waals surface area (Å²) in [5, 5.41) is 6.38. The van der Waals surface area contributed by atoms with Crippen molar-refractivity contribution in [3.05, 3.63) is 48.1 Å². The molecule has 2 rings (SSSR count). The standard InChI is InChI=1S/C12H14N4O2/c13-11(9-4-2-1-3-5-9)12(17)14-7-6-10-15-8-18-16-10/h1-5,8,11H,6-7,13H2,(H,14,17)/t11-/m0/s1. The van der Waals surface area contributed by atoms with Crippen molar-refractivity contribution in [1.29, 1.82) is 0 Å². The molecule has 0 bridgehead atoms. The Balaban J connectivity index is 1.81. The molecule has 0 unspecified atom stereocenters. The Labute approximate surface area is 104 Å². The third-order valence-electron chi connectivity index (χ3n) is 2.50. The van der Waals surface area contributed by atoms with Gasteiger partial charge in [-0.05, 0) is 5.56 Å². The van der Waals surface area contributed by atoms with Crippen LogP contribution in [0.1, 0.15) is 17.4 Å². The van der Waals surface area contributed by atoms with E-state index in [1.165, 1.54) is 6.39 Å². The van der Waals surface area contributed by atoms with Crippen LogP contribution in [0.3, 0.4) is 0 Å². The maximum Gasteiger partial charge on any atom is 0.241 e. The topological polar surface area (TPSA) is 94.0 Å². The Hall–Kier alpha value is -2.21. The van der Waals surface area contributed by atoms with Crippen molar-refractivity contribution in [3.8, 4) is 0 Å². The Morgan fingerprint density at radius 1 is 1.39 bits per heavy atom. The lowest BCUT2D eigenvalue weighted by atomic mass is 10.1. The molecule has 1 atom stereocenters. The minimum absolute atomic E-state index is 0.218. The average molecular weight is 246 g/mol. The van der Waals surface area contributed by atoms with Gasteiger partial charge in [-0.25, -0.2) is 0 Å². The first-order valence-electron chi connectivity index (χ1n) is 5.61. The Morgan fingerprint density at radius 3 is 2.83 bits per heavy atom. The van der Waals surface area contributed by atoms with Crippen molar-refractivity contribution in [1.82, 2.24) is 15.5 Å². The van der Waals surface area contributed by atoms with Gasteiger partial charge in [0.25, 0.3) is 0 Å². The molecule has 6 heteroatoms. The maximum atomic E-state index is 11.8. The van der Waals surface area contributed by atoms with Gasteiger partial charge in [-0.2, -0.15) is 4.98 Å². The zero-order valence-electron chi connectivity index (χ0n) is 9.74. The van der Waals surface area contributed by atoms with Gasteiger partial charge in [0.15, 0.2) is 5.82 Å². The molecule has 1 aromatic heterocycles. The van der Waals surface area contributed by atoms with E-state index in [-0.39, 0.29) is 5.91 Å². The fourth-order valence-corrected chi connectivity index (χ4v) is 1.52. The zero-order valence-corrected chi connectivity index (χ0v) is 9.74. The van der Waals surface area contributed by atoms with E-state index < -0.39 is 6.04 Å². The number of hydrogen-bond donors (Lipinski definition) is 2. The molecule has 0 saturated heterocycles. The molecule has 3 N–H and O–H groups in total. The van der Waals surface area contributed by atoms with E-state index in [1.807, 2.05) is 30.3 Å². The molecule has 0 radical (unpaired) electrons. The quantitative estimate of drug-likeness (QED) is 0.797. The van der Waals surface area contributed by atoms with E-state index in [2.05, 4.69) is 20.0 Å². The van der Waals surface area contributed by atoms with E-state index >= 15 is 0 Å². The number of nitrogens with two attached hydrogens (primary N) is 1. The van der Waals surface area contributed by atoms with Crippen LogP contribution in [0.15, 0.2) is 41.2 Å². The monoisotopic (exact) mass is 246 g/mol. The molecule has 0 spiro atoms. The lowest BCUT2D eigenvalue weighted by molar-refractivity contribution is -0.122. The molecular weight excluding hydrogens is 232 g/mol. The molecule has 18 heavy (non-hydrogen) atoms. The molecule has 2 aromatic rings. The van der Waals surface area contributed by atoms with Crippen molar-refractivity contribution in [2.45, 2.75) is 12.5 Å². The van der Waals surface area contributed by atoms with Crippen LogP contribution in [0.5, 0.6) is 0 Å². The summed E-state index contributed by atoms with van der Waals surface area (Å²) >= 11 is 0.